The first-order valence-corrected chi connectivity index (χ1v) is 6.57. The largest absolute Gasteiger partial charge is 0.394 e. The molecule has 2 N–H and O–H groups in total. The number of carbonyl (C=O) groups is 1. The van der Waals surface area contributed by atoms with Crippen molar-refractivity contribution in [2.24, 2.45) is 0 Å². The Balaban J connectivity index is 2.33. The summed E-state index contributed by atoms with van der Waals surface area (Å²) in [6.07, 6.45) is 3.88. The summed E-state index contributed by atoms with van der Waals surface area (Å²) >= 11 is 0. The lowest BCUT2D eigenvalue weighted by atomic mass is 10.2. The molecule has 2 rings (SSSR count). The maximum absolute atomic E-state index is 12.1. The Hall–Kier alpha value is -2.21. The molecule has 0 saturated heterocycles. The van der Waals surface area contributed by atoms with Crippen LogP contribution in [0.4, 0.5) is 0 Å². The van der Waals surface area contributed by atoms with Gasteiger partial charge < -0.3 is 10.4 Å². The zero-order valence-corrected chi connectivity index (χ0v) is 11.6. The van der Waals surface area contributed by atoms with E-state index in [2.05, 4.69) is 15.4 Å². The first-order valence-electron chi connectivity index (χ1n) is 6.57. The smallest absolute Gasteiger partial charge is 0.255 e. The number of rotatable bonds is 5. The van der Waals surface area contributed by atoms with Gasteiger partial charge in [0.05, 0.1) is 24.1 Å². The maximum atomic E-state index is 12.1. The van der Waals surface area contributed by atoms with Crippen LogP contribution in [-0.4, -0.2) is 38.4 Å². The molecule has 0 aliphatic rings. The van der Waals surface area contributed by atoms with E-state index in [1.807, 2.05) is 25.1 Å². The van der Waals surface area contributed by atoms with E-state index in [1.165, 1.54) is 6.20 Å². The van der Waals surface area contributed by atoms with Gasteiger partial charge in [-0.1, -0.05) is 13.0 Å². The molecule has 0 radical (unpaired) electrons. The fraction of sp³-hybridized carbons (Fsp3) is 0.357. The van der Waals surface area contributed by atoms with Crippen LogP contribution in [0, 0.1) is 0 Å². The average molecular weight is 274 g/mol. The van der Waals surface area contributed by atoms with Crippen LogP contribution in [0.2, 0.25) is 0 Å². The van der Waals surface area contributed by atoms with Gasteiger partial charge in [-0.25, -0.2) is 9.67 Å². The van der Waals surface area contributed by atoms with Gasteiger partial charge in [-0.05, 0) is 25.5 Å². The van der Waals surface area contributed by atoms with Crippen LogP contribution in [0.25, 0.3) is 5.82 Å². The van der Waals surface area contributed by atoms with Crippen LogP contribution in [0.15, 0.2) is 30.6 Å². The topological polar surface area (TPSA) is 80.0 Å². The molecule has 106 valence electrons. The summed E-state index contributed by atoms with van der Waals surface area (Å²) in [6, 6.07) is 5.25. The van der Waals surface area contributed by atoms with Crippen molar-refractivity contribution in [3.8, 4) is 5.82 Å². The minimum atomic E-state index is -0.287. The Bertz CT molecular complexity index is 580. The molecule has 6 heteroatoms. The molecule has 0 bridgehead atoms. The zero-order chi connectivity index (χ0) is 14.5. The summed E-state index contributed by atoms with van der Waals surface area (Å²) in [7, 11) is 0. The number of nitrogens with zero attached hydrogens (tertiary/aromatic N) is 3. The number of hydrogen-bond acceptors (Lipinski definition) is 4. The summed E-state index contributed by atoms with van der Waals surface area (Å²) in [5.41, 5.74) is 1.31. The quantitative estimate of drug-likeness (QED) is 0.850. The maximum Gasteiger partial charge on any atom is 0.255 e. The molecule has 2 heterocycles. The molecular weight excluding hydrogens is 256 g/mol. The Morgan fingerprint density at radius 2 is 2.30 bits per heavy atom. The number of carbonyl (C=O) groups excluding carboxylic acids is 1. The molecule has 1 unspecified atom stereocenters. The molecule has 0 fully saturated rings. The summed E-state index contributed by atoms with van der Waals surface area (Å²) in [6.45, 7) is 3.61. The van der Waals surface area contributed by atoms with Gasteiger partial charge in [0.2, 0.25) is 0 Å². The van der Waals surface area contributed by atoms with E-state index in [1.54, 1.807) is 17.8 Å². The first-order chi connectivity index (χ1) is 9.67. The van der Waals surface area contributed by atoms with Crippen LogP contribution in [0.3, 0.4) is 0 Å². The second-order valence-electron chi connectivity index (χ2n) is 4.52. The average Bonchev–Trinajstić information content (AvgIpc) is 2.91. The number of aliphatic hydroxyl groups is 1. The van der Waals surface area contributed by atoms with Gasteiger partial charge in [-0.3, -0.25) is 4.79 Å². The highest BCUT2D eigenvalue weighted by atomic mass is 16.3. The lowest BCUT2D eigenvalue weighted by molar-refractivity contribution is 0.0921. The van der Waals surface area contributed by atoms with E-state index in [0.29, 0.717) is 17.8 Å². The van der Waals surface area contributed by atoms with Crippen molar-refractivity contribution in [2.45, 2.75) is 26.3 Å². The van der Waals surface area contributed by atoms with Crippen LogP contribution in [-0.2, 0) is 6.42 Å². The van der Waals surface area contributed by atoms with Gasteiger partial charge in [0, 0.05) is 12.2 Å². The summed E-state index contributed by atoms with van der Waals surface area (Å²) in [4.78, 5) is 16.4. The number of aliphatic hydroxyl groups excluding tert-OH is 1. The molecule has 0 aliphatic carbocycles. The molecule has 20 heavy (non-hydrogen) atoms. The second kappa shape index (κ2) is 6.29. The number of amides is 1. The predicted molar refractivity (Wildman–Crippen MR) is 74.8 cm³/mol. The van der Waals surface area contributed by atoms with E-state index in [0.717, 1.165) is 5.69 Å². The molecule has 1 atom stereocenters. The third-order valence-corrected chi connectivity index (χ3v) is 2.97. The zero-order valence-electron chi connectivity index (χ0n) is 11.6. The minimum absolute atomic E-state index is 0.0957. The highest BCUT2D eigenvalue weighted by molar-refractivity contribution is 5.95. The molecule has 0 spiro atoms. The van der Waals surface area contributed by atoms with Crippen LogP contribution < -0.4 is 5.32 Å². The minimum Gasteiger partial charge on any atom is -0.394 e. The second-order valence-corrected chi connectivity index (χ2v) is 4.52. The molecule has 1 amide bonds. The fourth-order valence-electron chi connectivity index (χ4n) is 1.93. The van der Waals surface area contributed by atoms with Crippen molar-refractivity contribution in [1.82, 2.24) is 20.1 Å². The van der Waals surface area contributed by atoms with Crippen molar-refractivity contribution in [1.29, 1.82) is 0 Å². The highest BCUT2D eigenvalue weighted by Crippen LogP contribution is 2.14. The van der Waals surface area contributed by atoms with Crippen molar-refractivity contribution < 1.29 is 9.90 Å². The molecular formula is C14H18N4O2. The number of aromatic nitrogens is 3. The number of hydrogen-bond donors (Lipinski definition) is 2. The van der Waals surface area contributed by atoms with Gasteiger partial charge in [0.1, 0.15) is 0 Å². The third-order valence-electron chi connectivity index (χ3n) is 2.97. The van der Waals surface area contributed by atoms with E-state index < -0.39 is 0 Å². The number of pyridine rings is 1. The molecule has 0 aromatic carbocycles. The van der Waals surface area contributed by atoms with Gasteiger partial charge in [-0.2, -0.15) is 5.10 Å². The Labute approximate surface area is 117 Å². The Morgan fingerprint density at radius 1 is 1.50 bits per heavy atom. The van der Waals surface area contributed by atoms with E-state index in [4.69, 9.17) is 5.11 Å². The summed E-state index contributed by atoms with van der Waals surface area (Å²) in [5, 5.41) is 16.0. The van der Waals surface area contributed by atoms with Crippen molar-refractivity contribution in [3.63, 3.8) is 0 Å². The van der Waals surface area contributed by atoms with E-state index in [9.17, 15) is 4.79 Å². The third kappa shape index (κ3) is 2.85. The van der Waals surface area contributed by atoms with Gasteiger partial charge in [0.25, 0.3) is 5.91 Å². The predicted octanol–water partition coefficient (Wildman–Crippen LogP) is 0.940. The van der Waals surface area contributed by atoms with Gasteiger partial charge >= 0.3 is 0 Å². The van der Waals surface area contributed by atoms with Gasteiger partial charge in [-0.15, -0.1) is 0 Å². The lowest BCUT2D eigenvalue weighted by Gasteiger charge is -2.11. The molecule has 6 nitrogen and oxygen atoms in total. The normalized spacial score (nSPS) is 12.2. The molecule has 2 aromatic heterocycles. The monoisotopic (exact) mass is 274 g/mol. The molecule has 0 aliphatic heterocycles. The molecule has 2 aromatic rings. The van der Waals surface area contributed by atoms with Crippen LogP contribution in [0.5, 0.6) is 0 Å². The van der Waals surface area contributed by atoms with Crippen molar-refractivity contribution >= 4 is 5.91 Å². The van der Waals surface area contributed by atoms with Crippen molar-refractivity contribution in [3.05, 3.63) is 41.9 Å². The number of nitrogens with one attached hydrogen (secondary N) is 1. The first kappa shape index (κ1) is 14.2. The van der Waals surface area contributed by atoms with Crippen molar-refractivity contribution in [2.75, 3.05) is 6.61 Å². The van der Waals surface area contributed by atoms with Crippen LogP contribution in [0.1, 0.15) is 29.9 Å². The van der Waals surface area contributed by atoms with Crippen LogP contribution >= 0.6 is 0 Å². The highest BCUT2D eigenvalue weighted by Gasteiger charge is 2.18. The fourth-order valence-corrected chi connectivity index (χ4v) is 1.93. The van der Waals surface area contributed by atoms with E-state index in [-0.39, 0.29) is 18.6 Å². The van der Waals surface area contributed by atoms with Gasteiger partial charge in [0.15, 0.2) is 5.82 Å². The lowest BCUT2D eigenvalue weighted by Crippen LogP contribution is -2.35. The standard InChI is InChI=1S/C14H18N4O2/c1-3-12-11(14(20)17-10(2)9-19)8-16-18(12)13-6-4-5-7-15-13/h4-8,10,19H,3,9H2,1-2H3,(H,17,20). The van der Waals surface area contributed by atoms with E-state index >= 15 is 0 Å². The summed E-state index contributed by atoms with van der Waals surface area (Å²) in [5.74, 6) is 0.448. The SMILES string of the molecule is CCc1c(C(=O)NC(C)CO)cnn1-c1ccccn1. The Kier molecular flexibility index (Phi) is 4.47. The molecule has 0 saturated carbocycles. The summed E-state index contributed by atoms with van der Waals surface area (Å²) < 4.78 is 1.67. The Morgan fingerprint density at radius 3 is 2.90 bits per heavy atom.